The first-order chi connectivity index (χ1) is 11.2. The fourth-order valence-corrected chi connectivity index (χ4v) is 2.12. The van der Waals surface area contributed by atoms with E-state index < -0.39 is 0 Å². The number of aromatic nitrogens is 1. The van der Waals surface area contributed by atoms with E-state index in [1.165, 1.54) is 5.56 Å². The van der Waals surface area contributed by atoms with E-state index in [0.717, 1.165) is 17.1 Å². The number of pyridine rings is 1. The lowest BCUT2D eigenvalue weighted by molar-refractivity contribution is 0.102. The summed E-state index contributed by atoms with van der Waals surface area (Å²) in [6.45, 7) is 2.05. The van der Waals surface area contributed by atoms with Crippen LogP contribution in [0.1, 0.15) is 16.1 Å². The Morgan fingerprint density at radius 2 is 1.52 bits per heavy atom. The number of nitrogens with one attached hydrogen (secondary N) is 2. The summed E-state index contributed by atoms with van der Waals surface area (Å²) >= 11 is 0. The van der Waals surface area contributed by atoms with Crippen molar-refractivity contribution in [3.63, 3.8) is 0 Å². The van der Waals surface area contributed by atoms with Gasteiger partial charge in [0.15, 0.2) is 0 Å². The SMILES string of the molecule is Cc1ccc(Nc2ccc(C(=O)Nc3ccccc3)nc2)cc1. The van der Waals surface area contributed by atoms with Gasteiger partial charge < -0.3 is 10.6 Å². The Morgan fingerprint density at radius 1 is 0.826 bits per heavy atom. The van der Waals surface area contributed by atoms with Crippen LogP contribution < -0.4 is 10.6 Å². The van der Waals surface area contributed by atoms with Crippen LogP contribution in [-0.4, -0.2) is 10.9 Å². The maximum atomic E-state index is 12.1. The number of benzene rings is 2. The van der Waals surface area contributed by atoms with Crippen molar-refractivity contribution in [2.24, 2.45) is 0 Å². The number of hydrogen-bond donors (Lipinski definition) is 2. The van der Waals surface area contributed by atoms with Gasteiger partial charge in [0, 0.05) is 11.4 Å². The summed E-state index contributed by atoms with van der Waals surface area (Å²) in [6.07, 6.45) is 1.65. The molecule has 114 valence electrons. The van der Waals surface area contributed by atoms with Gasteiger partial charge in [-0.1, -0.05) is 35.9 Å². The summed E-state index contributed by atoms with van der Waals surface area (Å²) < 4.78 is 0. The number of nitrogens with zero attached hydrogens (tertiary/aromatic N) is 1. The maximum absolute atomic E-state index is 12.1. The second kappa shape index (κ2) is 6.75. The first-order valence-corrected chi connectivity index (χ1v) is 7.37. The van der Waals surface area contributed by atoms with Gasteiger partial charge in [-0.3, -0.25) is 4.79 Å². The van der Waals surface area contributed by atoms with Crippen LogP contribution in [0.25, 0.3) is 0 Å². The molecule has 0 radical (unpaired) electrons. The molecule has 0 fully saturated rings. The van der Waals surface area contributed by atoms with Crippen LogP contribution in [0, 0.1) is 6.92 Å². The molecule has 0 saturated heterocycles. The molecule has 0 aliphatic rings. The monoisotopic (exact) mass is 303 g/mol. The molecule has 0 spiro atoms. The van der Waals surface area contributed by atoms with Crippen LogP contribution in [0.5, 0.6) is 0 Å². The summed E-state index contributed by atoms with van der Waals surface area (Å²) in [5, 5.41) is 6.06. The minimum Gasteiger partial charge on any atom is -0.354 e. The zero-order valence-corrected chi connectivity index (χ0v) is 12.8. The van der Waals surface area contributed by atoms with Crippen molar-refractivity contribution >= 4 is 23.0 Å². The number of anilines is 3. The Morgan fingerprint density at radius 3 is 2.17 bits per heavy atom. The Balaban J connectivity index is 1.66. The van der Waals surface area contributed by atoms with E-state index >= 15 is 0 Å². The van der Waals surface area contributed by atoms with Gasteiger partial charge >= 0.3 is 0 Å². The second-order valence-electron chi connectivity index (χ2n) is 5.24. The van der Waals surface area contributed by atoms with Crippen LogP contribution >= 0.6 is 0 Å². The molecular weight excluding hydrogens is 286 g/mol. The van der Waals surface area contributed by atoms with E-state index in [-0.39, 0.29) is 5.91 Å². The Labute approximate surface area is 135 Å². The topological polar surface area (TPSA) is 54.0 Å². The quantitative estimate of drug-likeness (QED) is 0.751. The summed E-state index contributed by atoms with van der Waals surface area (Å²) in [7, 11) is 0. The second-order valence-corrected chi connectivity index (χ2v) is 5.24. The molecule has 3 rings (SSSR count). The minimum absolute atomic E-state index is 0.224. The van der Waals surface area contributed by atoms with E-state index in [1.807, 2.05) is 67.6 Å². The van der Waals surface area contributed by atoms with Crippen molar-refractivity contribution in [1.82, 2.24) is 4.98 Å². The van der Waals surface area contributed by atoms with Gasteiger partial charge in [0.1, 0.15) is 5.69 Å². The molecule has 3 aromatic rings. The van der Waals surface area contributed by atoms with E-state index in [1.54, 1.807) is 12.3 Å². The molecule has 0 unspecified atom stereocenters. The average molecular weight is 303 g/mol. The lowest BCUT2D eigenvalue weighted by Gasteiger charge is -2.08. The van der Waals surface area contributed by atoms with E-state index in [9.17, 15) is 4.79 Å². The molecule has 1 aromatic heterocycles. The number of para-hydroxylation sites is 1. The first kappa shape index (κ1) is 14.8. The largest absolute Gasteiger partial charge is 0.354 e. The zero-order chi connectivity index (χ0) is 16.1. The maximum Gasteiger partial charge on any atom is 0.274 e. The van der Waals surface area contributed by atoms with Crippen LogP contribution in [0.3, 0.4) is 0 Å². The molecule has 0 aliphatic heterocycles. The van der Waals surface area contributed by atoms with Crippen LogP contribution in [0.2, 0.25) is 0 Å². The van der Waals surface area contributed by atoms with Crippen molar-refractivity contribution < 1.29 is 4.79 Å². The van der Waals surface area contributed by atoms with Crippen LogP contribution in [0.4, 0.5) is 17.1 Å². The summed E-state index contributed by atoms with van der Waals surface area (Å²) in [4.78, 5) is 16.3. The van der Waals surface area contributed by atoms with Crippen molar-refractivity contribution in [2.45, 2.75) is 6.92 Å². The van der Waals surface area contributed by atoms with Gasteiger partial charge in [-0.15, -0.1) is 0 Å². The Kier molecular flexibility index (Phi) is 4.34. The number of aryl methyl sites for hydroxylation is 1. The van der Waals surface area contributed by atoms with E-state index in [2.05, 4.69) is 15.6 Å². The van der Waals surface area contributed by atoms with Gasteiger partial charge in [0.2, 0.25) is 0 Å². The highest BCUT2D eigenvalue weighted by atomic mass is 16.1. The molecule has 2 aromatic carbocycles. The number of rotatable bonds is 4. The molecule has 0 saturated carbocycles. The Bertz CT molecular complexity index is 781. The standard InChI is InChI=1S/C19H17N3O/c1-14-7-9-16(10-8-14)21-17-11-12-18(20-13-17)19(23)22-15-5-3-2-4-6-15/h2-13,21H,1H3,(H,22,23). The minimum atomic E-state index is -0.224. The van der Waals surface area contributed by atoms with Crippen LogP contribution in [-0.2, 0) is 0 Å². The van der Waals surface area contributed by atoms with Crippen molar-refractivity contribution in [1.29, 1.82) is 0 Å². The number of carbonyl (C=O) groups is 1. The molecule has 1 amide bonds. The number of carbonyl (C=O) groups excluding carboxylic acids is 1. The summed E-state index contributed by atoms with van der Waals surface area (Å²) in [5.74, 6) is -0.224. The van der Waals surface area contributed by atoms with Crippen molar-refractivity contribution in [3.05, 3.63) is 84.2 Å². The predicted molar refractivity (Wildman–Crippen MR) is 93.1 cm³/mol. The molecule has 0 bridgehead atoms. The average Bonchev–Trinajstić information content (AvgIpc) is 2.58. The lowest BCUT2D eigenvalue weighted by Crippen LogP contribution is -2.13. The van der Waals surface area contributed by atoms with Gasteiger partial charge in [0.25, 0.3) is 5.91 Å². The van der Waals surface area contributed by atoms with Gasteiger partial charge in [-0.05, 0) is 43.3 Å². The van der Waals surface area contributed by atoms with Crippen molar-refractivity contribution in [3.8, 4) is 0 Å². The zero-order valence-electron chi connectivity index (χ0n) is 12.8. The third-order valence-corrected chi connectivity index (χ3v) is 3.37. The normalized spacial score (nSPS) is 10.1. The third kappa shape index (κ3) is 3.95. The van der Waals surface area contributed by atoms with Gasteiger partial charge in [-0.2, -0.15) is 0 Å². The molecule has 2 N–H and O–H groups in total. The molecule has 23 heavy (non-hydrogen) atoms. The first-order valence-electron chi connectivity index (χ1n) is 7.37. The molecule has 1 heterocycles. The van der Waals surface area contributed by atoms with E-state index in [0.29, 0.717) is 5.69 Å². The summed E-state index contributed by atoms with van der Waals surface area (Å²) in [6, 6.07) is 21.0. The van der Waals surface area contributed by atoms with E-state index in [4.69, 9.17) is 0 Å². The lowest BCUT2D eigenvalue weighted by atomic mass is 10.2. The highest BCUT2D eigenvalue weighted by molar-refractivity contribution is 6.02. The predicted octanol–water partition coefficient (Wildman–Crippen LogP) is 4.39. The molecule has 4 nitrogen and oxygen atoms in total. The fourth-order valence-electron chi connectivity index (χ4n) is 2.12. The van der Waals surface area contributed by atoms with Crippen molar-refractivity contribution in [2.75, 3.05) is 10.6 Å². The molecule has 0 atom stereocenters. The smallest absolute Gasteiger partial charge is 0.274 e. The fraction of sp³-hybridized carbons (Fsp3) is 0.0526. The third-order valence-electron chi connectivity index (χ3n) is 3.37. The van der Waals surface area contributed by atoms with Gasteiger partial charge in [-0.25, -0.2) is 4.98 Å². The number of hydrogen-bond acceptors (Lipinski definition) is 3. The highest BCUT2D eigenvalue weighted by Gasteiger charge is 2.07. The molecular formula is C19H17N3O. The molecule has 0 aliphatic carbocycles. The summed E-state index contributed by atoms with van der Waals surface area (Å²) in [5.41, 5.74) is 4.16. The number of amides is 1. The highest BCUT2D eigenvalue weighted by Crippen LogP contribution is 2.16. The Hall–Kier alpha value is -3.14. The van der Waals surface area contributed by atoms with Gasteiger partial charge in [0.05, 0.1) is 11.9 Å². The molecule has 4 heteroatoms. The van der Waals surface area contributed by atoms with Crippen LogP contribution in [0.15, 0.2) is 72.9 Å².